The first-order chi connectivity index (χ1) is 13.5. The molecule has 1 atom stereocenters. The third-order valence-corrected chi connectivity index (χ3v) is 4.79. The van der Waals surface area contributed by atoms with Gasteiger partial charge < -0.3 is 15.4 Å². The first kappa shape index (κ1) is 19.6. The quantitative estimate of drug-likeness (QED) is 0.629. The van der Waals surface area contributed by atoms with Gasteiger partial charge in [0.25, 0.3) is 5.91 Å². The van der Waals surface area contributed by atoms with Crippen LogP contribution in [-0.4, -0.2) is 17.9 Å². The van der Waals surface area contributed by atoms with Crippen LogP contribution in [0.25, 0.3) is 0 Å². The minimum atomic E-state index is -0.643. The van der Waals surface area contributed by atoms with Crippen molar-refractivity contribution in [2.75, 3.05) is 0 Å². The van der Waals surface area contributed by atoms with E-state index in [0.717, 1.165) is 5.56 Å². The van der Waals surface area contributed by atoms with Crippen LogP contribution in [0.5, 0.6) is 11.5 Å². The van der Waals surface area contributed by atoms with Crippen molar-refractivity contribution < 1.29 is 18.7 Å². The molecule has 0 radical (unpaired) electrons. The van der Waals surface area contributed by atoms with Crippen LogP contribution >= 0.6 is 11.3 Å². The summed E-state index contributed by atoms with van der Waals surface area (Å²) in [6.07, 6.45) is 0. The summed E-state index contributed by atoms with van der Waals surface area (Å²) >= 11 is 1.32. The van der Waals surface area contributed by atoms with Crippen molar-refractivity contribution in [3.05, 3.63) is 82.3 Å². The first-order valence-electron chi connectivity index (χ1n) is 8.66. The Kier molecular flexibility index (Phi) is 6.39. The summed E-state index contributed by atoms with van der Waals surface area (Å²) in [6.45, 7) is 1.97. The molecule has 0 bridgehead atoms. The topological polar surface area (TPSA) is 67.4 Å². The summed E-state index contributed by atoms with van der Waals surface area (Å²) in [5.74, 6) is 0.298. The monoisotopic (exact) mass is 398 g/mol. The average molecular weight is 398 g/mol. The van der Waals surface area contributed by atoms with Gasteiger partial charge in [-0.1, -0.05) is 18.2 Å². The maximum absolute atomic E-state index is 12.9. The highest BCUT2D eigenvalue weighted by Crippen LogP contribution is 2.21. The lowest BCUT2D eigenvalue weighted by Gasteiger charge is -2.14. The molecular weight excluding hydrogens is 379 g/mol. The number of carbonyl (C=O) groups excluding carboxylic acids is 2. The number of halogens is 1. The standard InChI is InChI=1S/C21H19FN2O3S/c1-14(24-21(26)19-3-2-12-28-19)20(25)23-13-15-4-8-17(9-5-15)27-18-10-6-16(22)7-11-18/h2-12,14H,13H2,1H3,(H,23,25)(H,24,26)/t14-/m1/s1. The van der Waals surface area contributed by atoms with E-state index in [2.05, 4.69) is 10.6 Å². The smallest absolute Gasteiger partial charge is 0.261 e. The molecule has 1 heterocycles. The number of ether oxygens (including phenoxy) is 1. The second kappa shape index (κ2) is 9.14. The van der Waals surface area contributed by atoms with Crippen molar-refractivity contribution in [2.24, 2.45) is 0 Å². The first-order valence-corrected chi connectivity index (χ1v) is 9.53. The predicted molar refractivity (Wildman–Crippen MR) is 106 cm³/mol. The van der Waals surface area contributed by atoms with E-state index >= 15 is 0 Å². The van der Waals surface area contributed by atoms with Crippen molar-refractivity contribution >= 4 is 23.2 Å². The normalized spacial score (nSPS) is 11.5. The zero-order valence-electron chi connectivity index (χ0n) is 15.1. The Morgan fingerprint density at radius 3 is 2.29 bits per heavy atom. The van der Waals surface area contributed by atoms with Crippen molar-refractivity contribution in [1.29, 1.82) is 0 Å². The largest absolute Gasteiger partial charge is 0.457 e. The van der Waals surface area contributed by atoms with Gasteiger partial charge in [0.15, 0.2) is 0 Å². The molecular formula is C21H19FN2O3S. The molecule has 3 aromatic rings. The second-order valence-electron chi connectivity index (χ2n) is 6.09. The van der Waals surface area contributed by atoms with Gasteiger partial charge in [-0.15, -0.1) is 11.3 Å². The van der Waals surface area contributed by atoms with Gasteiger partial charge in [-0.3, -0.25) is 9.59 Å². The Hall–Kier alpha value is -3.19. The van der Waals surface area contributed by atoms with Gasteiger partial charge in [-0.05, 0) is 60.3 Å². The lowest BCUT2D eigenvalue weighted by Crippen LogP contribution is -2.44. The van der Waals surface area contributed by atoms with E-state index in [1.165, 1.54) is 23.5 Å². The molecule has 0 aliphatic heterocycles. The van der Waals surface area contributed by atoms with E-state index in [0.29, 0.717) is 22.9 Å². The number of hydrogen-bond donors (Lipinski definition) is 2. The van der Waals surface area contributed by atoms with Gasteiger partial charge in [-0.2, -0.15) is 0 Å². The molecule has 0 aliphatic rings. The number of rotatable bonds is 7. The molecule has 0 fully saturated rings. The van der Waals surface area contributed by atoms with E-state index in [9.17, 15) is 14.0 Å². The van der Waals surface area contributed by atoms with Crippen LogP contribution in [0, 0.1) is 5.82 Å². The highest BCUT2D eigenvalue weighted by Gasteiger charge is 2.16. The van der Waals surface area contributed by atoms with E-state index in [-0.39, 0.29) is 17.6 Å². The molecule has 0 spiro atoms. The summed E-state index contributed by atoms with van der Waals surface area (Å²) in [7, 11) is 0. The molecule has 2 aromatic carbocycles. The number of benzene rings is 2. The number of amides is 2. The van der Waals surface area contributed by atoms with Gasteiger partial charge in [-0.25, -0.2) is 4.39 Å². The van der Waals surface area contributed by atoms with Gasteiger partial charge in [0.05, 0.1) is 4.88 Å². The fourth-order valence-corrected chi connectivity index (χ4v) is 3.02. The number of hydrogen-bond acceptors (Lipinski definition) is 4. The average Bonchev–Trinajstić information content (AvgIpc) is 3.24. The third kappa shape index (κ3) is 5.40. The zero-order chi connectivity index (χ0) is 19.9. The Morgan fingerprint density at radius 1 is 1.04 bits per heavy atom. The molecule has 0 saturated carbocycles. The summed E-state index contributed by atoms with van der Waals surface area (Å²) in [5.41, 5.74) is 0.886. The van der Waals surface area contributed by atoms with Crippen molar-refractivity contribution in [1.82, 2.24) is 10.6 Å². The minimum absolute atomic E-state index is 0.264. The van der Waals surface area contributed by atoms with E-state index in [1.807, 2.05) is 17.5 Å². The lowest BCUT2D eigenvalue weighted by molar-refractivity contribution is -0.122. The number of thiophene rings is 1. The maximum atomic E-state index is 12.9. The lowest BCUT2D eigenvalue weighted by atomic mass is 10.2. The van der Waals surface area contributed by atoms with Gasteiger partial charge in [0.1, 0.15) is 23.4 Å². The molecule has 0 unspecified atom stereocenters. The molecule has 7 heteroatoms. The summed E-state index contributed by atoms with van der Waals surface area (Å²) in [6, 6.07) is 15.8. The fourth-order valence-electron chi connectivity index (χ4n) is 2.40. The molecule has 1 aromatic heterocycles. The van der Waals surface area contributed by atoms with Gasteiger partial charge >= 0.3 is 0 Å². The molecule has 3 rings (SSSR count). The SMILES string of the molecule is C[C@@H](NC(=O)c1cccs1)C(=O)NCc1ccc(Oc2ccc(F)cc2)cc1. The van der Waals surface area contributed by atoms with Crippen LogP contribution in [0.3, 0.4) is 0 Å². The Bertz CT molecular complexity index is 925. The van der Waals surface area contributed by atoms with E-state index < -0.39 is 6.04 Å². The third-order valence-electron chi connectivity index (χ3n) is 3.93. The molecule has 5 nitrogen and oxygen atoms in total. The van der Waals surface area contributed by atoms with Gasteiger partial charge in [0.2, 0.25) is 5.91 Å². The minimum Gasteiger partial charge on any atom is -0.457 e. The van der Waals surface area contributed by atoms with Crippen molar-refractivity contribution in [2.45, 2.75) is 19.5 Å². The van der Waals surface area contributed by atoms with Crippen LogP contribution < -0.4 is 15.4 Å². The summed E-state index contributed by atoms with van der Waals surface area (Å²) in [5, 5.41) is 7.27. The highest BCUT2D eigenvalue weighted by atomic mass is 32.1. The number of carbonyl (C=O) groups is 2. The molecule has 0 aliphatic carbocycles. The second-order valence-corrected chi connectivity index (χ2v) is 7.04. The van der Waals surface area contributed by atoms with Gasteiger partial charge in [0, 0.05) is 6.54 Å². The number of nitrogens with one attached hydrogen (secondary N) is 2. The highest BCUT2D eigenvalue weighted by molar-refractivity contribution is 7.12. The van der Waals surface area contributed by atoms with Crippen molar-refractivity contribution in [3.8, 4) is 11.5 Å². The van der Waals surface area contributed by atoms with Crippen molar-refractivity contribution in [3.63, 3.8) is 0 Å². The maximum Gasteiger partial charge on any atom is 0.261 e. The molecule has 28 heavy (non-hydrogen) atoms. The van der Waals surface area contributed by atoms with Crippen LogP contribution in [0.1, 0.15) is 22.2 Å². The zero-order valence-corrected chi connectivity index (χ0v) is 16.0. The molecule has 0 saturated heterocycles. The van der Waals surface area contributed by atoms with E-state index in [4.69, 9.17) is 4.74 Å². The Morgan fingerprint density at radius 2 is 1.68 bits per heavy atom. The summed E-state index contributed by atoms with van der Waals surface area (Å²) in [4.78, 5) is 24.7. The fraction of sp³-hybridized carbons (Fsp3) is 0.143. The predicted octanol–water partition coefficient (Wildman–Crippen LogP) is 4.11. The van der Waals surface area contributed by atoms with E-state index in [1.54, 1.807) is 43.3 Å². The Labute approximate surface area is 166 Å². The molecule has 2 amide bonds. The summed E-state index contributed by atoms with van der Waals surface area (Å²) < 4.78 is 18.5. The molecule has 144 valence electrons. The molecule has 2 N–H and O–H groups in total. The van der Waals surface area contributed by atoms with Crippen LogP contribution in [0.2, 0.25) is 0 Å². The Balaban J connectivity index is 1.48. The van der Waals surface area contributed by atoms with Crippen LogP contribution in [0.4, 0.5) is 4.39 Å². The van der Waals surface area contributed by atoms with Crippen LogP contribution in [-0.2, 0) is 11.3 Å². The van der Waals surface area contributed by atoms with Crippen LogP contribution in [0.15, 0.2) is 66.0 Å².